The molecule has 3 aromatic heterocycles. The molecule has 0 radical (unpaired) electrons. The third kappa shape index (κ3) is 5.41. The topological polar surface area (TPSA) is 98.7 Å². The van der Waals surface area contributed by atoms with Crippen LogP contribution in [0, 0.1) is 6.92 Å². The molecule has 5 rings (SSSR count). The second-order valence-electron chi connectivity index (χ2n) is 8.65. The van der Waals surface area contributed by atoms with Crippen LogP contribution >= 0.6 is 0 Å². The molecule has 0 saturated carbocycles. The van der Waals surface area contributed by atoms with Crippen LogP contribution in [0.5, 0.6) is 11.5 Å². The Morgan fingerprint density at radius 3 is 2.59 bits per heavy atom. The highest BCUT2D eigenvalue weighted by Crippen LogP contribution is 2.28. The highest BCUT2D eigenvalue weighted by atomic mass is 16.5. The Labute approximate surface area is 215 Å². The van der Waals surface area contributed by atoms with E-state index in [4.69, 9.17) is 24.0 Å². The monoisotopic (exact) mass is 498 g/mol. The second-order valence-corrected chi connectivity index (χ2v) is 8.65. The molecule has 0 spiro atoms. The van der Waals surface area contributed by atoms with Crippen LogP contribution in [0.4, 0.5) is 5.95 Å². The summed E-state index contributed by atoms with van der Waals surface area (Å²) in [4.78, 5) is 9.44. The number of hydrogen-bond donors (Lipinski definition) is 2. The van der Waals surface area contributed by atoms with Gasteiger partial charge in [-0.1, -0.05) is 30.3 Å². The summed E-state index contributed by atoms with van der Waals surface area (Å²) in [5, 5.41) is 11.6. The van der Waals surface area contributed by atoms with E-state index in [1.165, 1.54) is 11.1 Å². The van der Waals surface area contributed by atoms with Gasteiger partial charge < -0.3 is 24.5 Å². The van der Waals surface area contributed by atoms with E-state index < -0.39 is 0 Å². The standard InChI is InChI=1S/C28H30N6O3/c1-19-7-4-5-8-21(19)12-13-29-17-22-18-31-28(30-16-20-10-11-23(35-2)25(15-20)36-3)34-27(22)32-26(33-34)24-9-6-14-37-24/h4-11,14-15,18,29H,12-13,16-17H2,1-3H3,(H,30,31). The number of fused-ring (bicyclic) bond motifs is 1. The van der Waals surface area contributed by atoms with E-state index in [1.807, 2.05) is 36.5 Å². The molecule has 3 heterocycles. The summed E-state index contributed by atoms with van der Waals surface area (Å²) >= 11 is 0. The summed E-state index contributed by atoms with van der Waals surface area (Å²) in [7, 11) is 3.25. The summed E-state index contributed by atoms with van der Waals surface area (Å²) in [5.41, 5.74) is 5.33. The van der Waals surface area contributed by atoms with Crippen molar-refractivity contribution in [2.75, 3.05) is 26.1 Å². The minimum Gasteiger partial charge on any atom is -0.493 e. The first-order valence-corrected chi connectivity index (χ1v) is 12.1. The van der Waals surface area contributed by atoms with Crippen LogP contribution in [0.25, 0.3) is 17.2 Å². The number of aryl methyl sites for hydroxylation is 1. The second kappa shape index (κ2) is 11.1. The van der Waals surface area contributed by atoms with Crippen molar-refractivity contribution in [1.82, 2.24) is 24.9 Å². The molecule has 9 nitrogen and oxygen atoms in total. The number of hydrogen-bond acceptors (Lipinski definition) is 8. The van der Waals surface area contributed by atoms with Gasteiger partial charge in [-0.15, -0.1) is 5.10 Å². The molecular formula is C28H30N6O3. The van der Waals surface area contributed by atoms with Crippen LogP contribution in [0.1, 0.15) is 22.3 Å². The molecule has 0 atom stereocenters. The average Bonchev–Trinajstić information content (AvgIpc) is 3.62. The third-order valence-electron chi connectivity index (χ3n) is 6.23. The van der Waals surface area contributed by atoms with Gasteiger partial charge in [0.05, 0.1) is 20.5 Å². The molecule has 37 heavy (non-hydrogen) atoms. The Kier molecular flexibility index (Phi) is 7.32. The van der Waals surface area contributed by atoms with Gasteiger partial charge in [0.1, 0.15) is 0 Å². The van der Waals surface area contributed by atoms with E-state index in [9.17, 15) is 0 Å². The molecule has 0 fully saturated rings. The molecule has 0 aliphatic heterocycles. The molecule has 190 valence electrons. The lowest BCUT2D eigenvalue weighted by Gasteiger charge is -2.12. The molecule has 5 aromatic rings. The van der Waals surface area contributed by atoms with Crippen molar-refractivity contribution in [3.8, 4) is 23.1 Å². The van der Waals surface area contributed by atoms with Gasteiger partial charge in [-0.2, -0.15) is 4.52 Å². The van der Waals surface area contributed by atoms with Crippen molar-refractivity contribution < 1.29 is 13.9 Å². The number of methoxy groups -OCH3 is 2. The van der Waals surface area contributed by atoms with Gasteiger partial charge in [0, 0.05) is 24.8 Å². The summed E-state index contributed by atoms with van der Waals surface area (Å²) in [5.74, 6) is 3.05. The number of ether oxygens (including phenoxy) is 2. The van der Waals surface area contributed by atoms with E-state index in [0.717, 1.165) is 29.7 Å². The van der Waals surface area contributed by atoms with Crippen LogP contribution in [0.3, 0.4) is 0 Å². The first-order valence-electron chi connectivity index (χ1n) is 12.1. The number of furan rings is 1. The summed E-state index contributed by atoms with van der Waals surface area (Å²) < 4.78 is 18.0. The fraction of sp³-hybridized carbons (Fsp3) is 0.250. The normalized spacial score (nSPS) is 11.1. The van der Waals surface area contributed by atoms with Gasteiger partial charge in [-0.25, -0.2) is 9.97 Å². The van der Waals surface area contributed by atoms with E-state index in [1.54, 1.807) is 25.0 Å². The summed E-state index contributed by atoms with van der Waals surface area (Å²) in [6, 6.07) is 17.9. The van der Waals surface area contributed by atoms with Crippen LogP contribution in [0.15, 0.2) is 71.5 Å². The predicted octanol–water partition coefficient (Wildman–Crippen LogP) is 4.65. The SMILES string of the molecule is COc1ccc(CNc2ncc(CNCCc3ccccc3C)c3nc(-c4ccco4)nn23)cc1OC. The van der Waals surface area contributed by atoms with Gasteiger partial charge in [0.15, 0.2) is 22.9 Å². The maximum atomic E-state index is 5.54. The molecule has 9 heteroatoms. The Morgan fingerprint density at radius 2 is 1.81 bits per heavy atom. The third-order valence-corrected chi connectivity index (χ3v) is 6.23. The molecule has 0 bridgehead atoms. The number of nitrogens with zero attached hydrogens (tertiary/aromatic N) is 4. The lowest BCUT2D eigenvalue weighted by atomic mass is 10.1. The van der Waals surface area contributed by atoms with E-state index >= 15 is 0 Å². The van der Waals surface area contributed by atoms with E-state index in [2.05, 4.69) is 46.8 Å². The summed E-state index contributed by atoms with van der Waals surface area (Å²) in [6.45, 7) is 4.12. The molecule has 0 saturated heterocycles. The lowest BCUT2D eigenvalue weighted by molar-refractivity contribution is 0.354. The van der Waals surface area contributed by atoms with Gasteiger partial charge in [0.25, 0.3) is 0 Å². The zero-order chi connectivity index (χ0) is 25.6. The Bertz CT molecular complexity index is 1480. The highest BCUT2D eigenvalue weighted by molar-refractivity contribution is 5.58. The Hall–Kier alpha value is -4.37. The fourth-order valence-corrected chi connectivity index (χ4v) is 4.18. The minimum atomic E-state index is 0.508. The lowest BCUT2D eigenvalue weighted by Crippen LogP contribution is -2.18. The van der Waals surface area contributed by atoms with Gasteiger partial charge in [-0.3, -0.25) is 0 Å². The first-order chi connectivity index (χ1) is 18.2. The minimum absolute atomic E-state index is 0.508. The number of benzene rings is 2. The van der Waals surface area contributed by atoms with Crippen molar-refractivity contribution in [2.45, 2.75) is 26.4 Å². The molecule has 0 aliphatic rings. The molecule has 0 amide bonds. The molecular weight excluding hydrogens is 468 g/mol. The number of nitrogens with one attached hydrogen (secondary N) is 2. The van der Waals surface area contributed by atoms with Crippen LogP contribution in [-0.2, 0) is 19.5 Å². The zero-order valence-corrected chi connectivity index (χ0v) is 21.2. The number of aromatic nitrogens is 4. The van der Waals surface area contributed by atoms with Crippen LogP contribution in [0.2, 0.25) is 0 Å². The van der Waals surface area contributed by atoms with Crippen molar-refractivity contribution >= 4 is 11.6 Å². The fourth-order valence-electron chi connectivity index (χ4n) is 4.18. The predicted molar refractivity (Wildman–Crippen MR) is 142 cm³/mol. The maximum absolute atomic E-state index is 5.54. The molecule has 0 aliphatic carbocycles. The summed E-state index contributed by atoms with van der Waals surface area (Å²) in [6.07, 6.45) is 4.41. The van der Waals surface area contributed by atoms with Crippen molar-refractivity contribution in [2.24, 2.45) is 0 Å². The van der Waals surface area contributed by atoms with Crippen molar-refractivity contribution in [3.63, 3.8) is 0 Å². The first kappa shape index (κ1) is 24.3. The number of anilines is 1. The van der Waals surface area contributed by atoms with Gasteiger partial charge >= 0.3 is 0 Å². The van der Waals surface area contributed by atoms with Crippen LogP contribution < -0.4 is 20.1 Å². The largest absolute Gasteiger partial charge is 0.493 e. The van der Waals surface area contributed by atoms with E-state index in [0.29, 0.717) is 42.1 Å². The van der Waals surface area contributed by atoms with E-state index in [-0.39, 0.29) is 0 Å². The van der Waals surface area contributed by atoms with Gasteiger partial charge in [0.2, 0.25) is 11.8 Å². The number of rotatable bonds is 11. The van der Waals surface area contributed by atoms with Crippen molar-refractivity contribution in [3.05, 3.63) is 89.3 Å². The van der Waals surface area contributed by atoms with Crippen molar-refractivity contribution in [1.29, 1.82) is 0 Å². The average molecular weight is 499 g/mol. The van der Waals surface area contributed by atoms with Crippen LogP contribution in [-0.4, -0.2) is 40.3 Å². The zero-order valence-electron chi connectivity index (χ0n) is 21.2. The molecule has 0 unspecified atom stereocenters. The molecule has 2 N–H and O–H groups in total. The quantitative estimate of drug-likeness (QED) is 0.254. The van der Waals surface area contributed by atoms with Gasteiger partial charge in [-0.05, 0) is 60.8 Å². The smallest absolute Gasteiger partial charge is 0.226 e. The molecule has 2 aromatic carbocycles. The highest BCUT2D eigenvalue weighted by Gasteiger charge is 2.16. The Balaban J connectivity index is 1.35. The Morgan fingerprint density at radius 1 is 0.946 bits per heavy atom. The maximum Gasteiger partial charge on any atom is 0.226 e.